The van der Waals surface area contributed by atoms with E-state index in [1.807, 2.05) is 0 Å². The number of hydrogen-bond acceptors (Lipinski definition) is 3. The number of carbonyl (C=O) groups excluding carboxylic acids is 1. The zero-order chi connectivity index (χ0) is 12.0. The lowest BCUT2D eigenvalue weighted by molar-refractivity contribution is 0.0945. The second-order valence-electron chi connectivity index (χ2n) is 4.87. The molecular weight excluding hydrogens is 254 g/mol. The number of H-pyrrole nitrogens is 1. The molecule has 18 heavy (non-hydrogen) atoms. The highest BCUT2D eigenvalue weighted by Gasteiger charge is 2.53. The fraction of sp³-hybridized carbons (Fsp3) is 0.500. The van der Waals surface area contributed by atoms with Gasteiger partial charge < -0.3 is 15.6 Å². The number of hydrogen-bond donors (Lipinski definition) is 3. The summed E-state index contributed by atoms with van der Waals surface area (Å²) in [6.45, 7) is 3.74. The van der Waals surface area contributed by atoms with Gasteiger partial charge in [-0.3, -0.25) is 9.59 Å². The second kappa shape index (κ2) is 4.74. The fourth-order valence-electron chi connectivity index (χ4n) is 2.61. The van der Waals surface area contributed by atoms with Crippen LogP contribution in [0.1, 0.15) is 16.1 Å². The Bertz CT molecular complexity index is 518. The number of fused-ring (bicyclic) bond motifs is 1. The summed E-state index contributed by atoms with van der Waals surface area (Å²) in [5.41, 5.74) is 0.652. The van der Waals surface area contributed by atoms with Crippen molar-refractivity contribution in [3.63, 3.8) is 0 Å². The van der Waals surface area contributed by atoms with Crippen LogP contribution in [0.25, 0.3) is 0 Å². The molecule has 6 heteroatoms. The number of halogens is 1. The molecule has 1 aliphatic heterocycles. The van der Waals surface area contributed by atoms with Gasteiger partial charge in [0.2, 0.25) is 0 Å². The van der Waals surface area contributed by atoms with Gasteiger partial charge in [-0.15, -0.1) is 12.4 Å². The molecule has 0 radical (unpaired) electrons. The fourth-order valence-corrected chi connectivity index (χ4v) is 2.61. The molecule has 1 saturated heterocycles. The molecule has 1 aromatic heterocycles. The Morgan fingerprint density at radius 2 is 2.00 bits per heavy atom. The number of aromatic amines is 1. The predicted molar refractivity (Wildman–Crippen MR) is 70.2 cm³/mol. The Balaban J connectivity index is 0.00000120. The molecule has 5 nitrogen and oxygen atoms in total. The number of nitrogens with one attached hydrogen (secondary N) is 3. The number of pyridine rings is 1. The Kier molecular flexibility index (Phi) is 3.45. The lowest BCUT2D eigenvalue weighted by Gasteiger charge is -2.07. The van der Waals surface area contributed by atoms with Crippen LogP contribution in [0, 0.1) is 18.8 Å². The van der Waals surface area contributed by atoms with Gasteiger partial charge in [0.15, 0.2) is 0 Å². The first-order chi connectivity index (χ1) is 8.16. The van der Waals surface area contributed by atoms with Gasteiger partial charge >= 0.3 is 0 Å². The molecule has 0 bridgehead atoms. The summed E-state index contributed by atoms with van der Waals surface area (Å²) < 4.78 is 0. The van der Waals surface area contributed by atoms with Gasteiger partial charge in [0.25, 0.3) is 11.5 Å². The van der Waals surface area contributed by atoms with Gasteiger partial charge in [-0.25, -0.2) is 0 Å². The van der Waals surface area contributed by atoms with E-state index in [-0.39, 0.29) is 35.5 Å². The van der Waals surface area contributed by atoms with Crippen LogP contribution in [-0.2, 0) is 0 Å². The van der Waals surface area contributed by atoms with Crippen molar-refractivity contribution >= 4 is 18.3 Å². The first-order valence-corrected chi connectivity index (χ1v) is 5.88. The highest BCUT2D eigenvalue weighted by molar-refractivity contribution is 5.94. The van der Waals surface area contributed by atoms with Gasteiger partial charge in [-0.1, -0.05) is 0 Å². The van der Waals surface area contributed by atoms with E-state index in [2.05, 4.69) is 15.6 Å². The monoisotopic (exact) mass is 269 g/mol. The first-order valence-electron chi connectivity index (χ1n) is 5.88. The molecule has 98 valence electrons. The molecule has 2 heterocycles. The Labute approximate surface area is 111 Å². The quantitative estimate of drug-likeness (QED) is 0.710. The van der Waals surface area contributed by atoms with Crippen LogP contribution < -0.4 is 16.2 Å². The van der Waals surface area contributed by atoms with E-state index >= 15 is 0 Å². The van der Waals surface area contributed by atoms with Gasteiger partial charge in [0.05, 0.1) is 0 Å². The van der Waals surface area contributed by atoms with Crippen molar-refractivity contribution in [2.24, 2.45) is 11.8 Å². The summed E-state index contributed by atoms with van der Waals surface area (Å²) >= 11 is 0. The van der Waals surface area contributed by atoms with Crippen LogP contribution in [0.2, 0.25) is 0 Å². The standard InChI is InChI=1S/C12H15N3O2.ClH/c1-6-2-3-7(11(16)14-6)12(17)15-10-8-4-13-5-9(8)10;/h2-3,8-10,13H,4-5H2,1H3,(H,14,16)(H,15,17);1H. The second-order valence-corrected chi connectivity index (χ2v) is 4.87. The Morgan fingerprint density at radius 3 is 2.61 bits per heavy atom. The normalized spacial score (nSPS) is 28.2. The van der Waals surface area contributed by atoms with Crippen molar-refractivity contribution < 1.29 is 4.79 Å². The molecule has 2 atom stereocenters. The number of rotatable bonds is 2. The number of aryl methyl sites for hydroxylation is 1. The summed E-state index contributed by atoms with van der Waals surface area (Å²) in [5, 5.41) is 6.20. The summed E-state index contributed by atoms with van der Waals surface area (Å²) in [6.07, 6.45) is 0. The molecule has 1 saturated carbocycles. The summed E-state index contributed by atoms with van der Waals surface area (Å²) in [4.78, 5) is 26.1. The highest BCUT2D eigenvalue weighted by Crippen LogP contribution is 2.41. The van der Waals surface area contributed by atoms with Gasteiger partial charge in [0.1, 0.15) is 5.56 Å². The summed E-state index contributed by atoms with van der Waals surface area (Å²) in [5.74, 6) is 0.859. The molecule has 0 spiro atoms. The maximum atomic E-state index is 11.9. The van der Waals surface area contributed by atoms with Gasteiger partial charge in [-0.2, -0.15) is 0 Å². The molecule has 1 aliphatic carbocycles. The Hall–Kier alpha value is -1.33. The minimum absolute atomic E-state index is 0. The minimum Gasteiger partial charge on any atom is -0.348 e. The van der Waals surface area contributed by atoms with Crippen molar-refractivity contribution in [3.8, 4) is 0 Å². The van der Waals surface area contributed by atoms with E-state index in [1.165, 1.54) is 0 Å². The minimum atomic E-state index is -0.313. The van der Waals surface area contributed by atoms with Crippen molar-refractivity contribution in [1.82, 2.24) is 15.6 Å². The maximum Gasteiger partial charge on any atom is 0.260 e. The molecule has 1 aromatic rings. The van der Waals surface area contributed by atoms with Crippen LogP contribution in [0.15, 0.2) is 16.9 Å². The number of piperidine rings is 1. The molecular formula is C12H16ClN3O2. The van der Waals surface area contributed by atoms with E-state index < -0.39 is 0 Å². The maximum absolute atomic E-state index is 11.9. The van der Waals surface area contributed by atoms with Crippen molar-refractivity contribution in [2.75, 3.05) is 13.1 Å². The van der Waals surface area contributed by atoms with Gasteiger partial charge in [0, 0.05) is 24.8 Å². The number of carbonyl (C=O) groups is 1. The van der Waals surface area contributed by atoms with Crippen molar-refractivity contribution in [1.29, 1.82) is 0 Å². The van der Waals surface area contributed by atoms with Crippen LogP contribution >= 0.6 is 12.4 Å². The van der Waals surface area contributed by atoms with E-state index in [0.717, 1.165) is 18.8 Å². The molecule has 2 aliphatic rings. The molecule has 2 fully saturated rings. The van der Waals surface area contributed by atoms with Crippen molar-refractivity contribution in [3.05, 3.63) is 33.7 Å². The summed E-state index contributed by atoms with van der Waals surface area (Å²) in [6, 6.07) is 3.58. The Morgan fingerprint density at radius 1 is 1.33 bits per heavy atom. The molecule has 1 amide bonds. The summed E-state index contributed by atoms with van der Waals surface area (Å²) in [7, 11) is 0. The first kappa shape index (κ1) is 13.1. The molecule has 0 aromatic carbocycles. The third-order valence-corrected chi connectivity index (χ3v) is 3.69. The SMILES string of the molecule is Cc1ccc(C(=O)NC2C3CNCC32)c(=O)[nH]1.Cl. The van der Waals surface area contributed by atoms with Crippen molar-refractivity contribution in [2.45, 2.75) is 13.0 Å². The number of amides is 1. The smallest absolute Gasteiger partial charge is 0.260 e. The zero-order valence-electron chi connectivity index (χ0n) is 10.0. The molecule has 3 rings (SSSR count). The lowest BCUT2D eigenvalue weighted by Crippen LogP contribution is -2.35. The average molecular weight is 270 g/mol. The van der Waals surface area contributed by atoms with Gasteiger partial charge in [-0.05, 0) is 30.9 Å². The highest BCUT2D eigenvalue weighted by atomic mass is 35.5. The third-order valence-electron chi connectivity index (χ3n) is 3.69. The van der Waals surface area contributed by atoms with Crippen LogP contribution in [0.4, 0.5) is 0 Å². The topological polar surface area (TPSA) is 74.0 Å². The molecule has 3 N–H and O–H groups in total. The number of aromatic nitrogens is 1. The third kappa shape index (κ3) is 2.15. The lowest BCUT2D eigenvalue weighted by atomic mass is 10.2. The van der Waals surface area contributed by atoms with Crippen LogP contribution in [-0.4, -0.2) is 30.0 Å². The van der Waals surface area contributed by atoms with Crippen LogP contribution in [0.5, 0.6) is 0 Å². The predicted octanol–water partition coefficient (Wildman–Crippen LogP) is 0.0527. The zero-order valence-corrected chi connectivity index (χ0v) is 10.8. The van der Waals surface area contributed by atoms with E-state index in [1.54, 1.807) is 19.1 Å². The van der Waals surface area contributed by atoms with E-state index in [9.17, 15) is 9.59 Å². The molecule has 2 unspecified atom stereocenters. The average Bonchev–Trinajstić information content (AvgIpc) is 2.74. The van der Waals surface area contributed by atoms with E-state index in [4.69, 9.17) is 0 Å². The van der Waals surface area contributed by atoms with E-state index in [0.29, 0.717) is 11.8 Å². The van der Waals surface area contributed by atoms with Crippen LogP contribution in [0.3, 0.4) is 0 Å². The largest absolute Gasteiger partial charge is 0.348 e.